The summed E-state index contributed by atoms with van der Waals surface area (Å²) in [7, 11) is 0. The van der Waals surface area contributed by atoms with Gasteiger partial charge in [-0.3, -0.25) is 9.59 Å². The predicted molar refractivity (Wildman–Crippen MR) is 98.4 cm³/mol. The van der Waals surface area contributed by atoms with E-state index in [0.29, 0.717) is 25.1 Å². The third kappa shape index (κ3) is 3.49. The molecule has 2 heterocycles. The molecule has 0 bridgehead atoms. The number of amides is 1. The maximum absolute atomic E-state index is 13.1. The van der Waals surface area contributed by atoms with E-state index in [4.69, 9.17) is 0 Å². The summed E-state index contributed by atoms with van der Waals surface area (Å²) in [6, 6.07) is 9.80. The second-order valence-electron chi connectivity index (χ2n) is 6.96. The van der Waals surface area contributed by atoms with E-state index in [2.05, 4.69) is 12.0 Å². The number of aromatic nitrogens is 2. The van der Waals surface area contributed by atoms with Crippen LogP contribution in [0.1, 0.15) is 42.7 Å². The van der Waals surface area contributed by atoms with Crippen molar-refractivity contribution in [3.8, 4) is 5.69 Å². The summed E-state index contributed by atoms with van der Waals surface area (Å²) in [6.07, 6.45) is 3.82. The number of carbonyl (C=O) groups excluding carboxylic acids is 1. The Labute approximate surface area is 153 Å². The van der Waals surface area contributed by atoms with Crippen molar-refractivity contribution in [2.24, 2.45) is 11.8 Å². The number of hydrogen-bond acceptors (Lipinski definition) is 3. The lowest BCUT2D eigenvalue weighted by Gasteiger charge is -2.35. The zero-order valence-corrected chi connectivity index (χ0v) is 15.3. The van der Waals surface area contributed by atoms with Crippen LogP contribution < -0.4 is 0 Å². The molecule has 0 aliphatic carbocycles. The van der Waals surface area contributed by atoms with Crippen LogP contribution in [-0.2, 0) is 11.2 Å². The molecule has 6 nitrogen and oxygen atoms in total. The summed E-state index contributed by atoms with van der Waals surface area (Å²) in [4.78, 5) is 26.2. The fourth-order valence-electron chi connectivity index (χ4n) is 3.69. The van der Waals surface area contributed by atoms with E-state index in [0.717, 1.165) is 24.2 Å². The molecule has 0 radical (unpaired) electrons. The maximum atomic E-state index is 13.1. The molecule has 1 aliphatic rings. The molecule has 0 saturated carbocycles. The number of para-hydroxylation sites is 1. The lowest BCUT2D eigenvalue weighted by Crippen LogP contribution is -2.45. The first-order chi connectivity index (χ1) is 12.5. The van der Waals surface area contributed by atoms with E-state index in [9.17, 15) is 14.7 Å². The van der Waals surface area contributed by atoms with Gasteiger partial charge in [-0.2, -0.15) is 5.10 Å². The Bertz CT molecular complexity index is 785. The molecule has 2 unspecified atom stereocenters. The van der Waals surface area contributed by atoms with Crippen LogP contribution >= 0.6 is 0 Å². The number of likely N-dealkylation sites (tertiary alicyclic amines) is 1. The van der Waals surface area contributed by atoms with E-state index in [1.807, 2.05) is 41.9 Å². The fourth-order valence-corrected chi connectivity index (χ4v) is 3.69. The highest BCUT2D eigenvalue weighted by atomic mass is 16.4. The zero-order valence-electron chi connectivity index (χ0n) is 15.3. The Kier molecular flexibility index (Phi) is 5.40. The van der Waals surface area contributed by atoms with Gasteiger partial charge in [-0.1, -0.05) is 38.5 Å². The maximum Gasteiger partial charge on any atom is 0.306 e. The third-order valence-corrected chi connectivity index (χ3v) is 5.10. The first-order valence-electron chi connectivity index (χ1n) is 9.17. The minimum Gasteiger partial charge on any atom is -0.481 e. The Morgan fingerprint density at radius 2 is 2.00 bits per heavy atom. The molecule has 1 saturated heterocycles. The standard InChI is InChI=1S/C20H25N3O3/c1-3-7-18-17(12-21-23(18)15-8-5-4-6-9-15)19(24)22-11-10-16(20(25)26)14(2)13-22/h4-6,8-9,12,14,16H,3,7,10-11,13H2,1-2H3,(H,25,26). The second-order valence-corrected chi connectivity index (χ2v) is 6.96. The lowest BCUT2D eigenvalue weighted by molar-refractivity contribution is -0.145. The van der Waals surface area contributed by atoms with Crippen LogP contribution in [0.15, 0.2) is 36.5 Å². The Morgan fingerprint density at radius 1 is 1.27 bits per heavy atom. The predicted octanol–water partition coefficient (Wildman–Crippen LogP) is 3.01. The summed E-state index contributed by atoms with van der Waals surface area (Å²) in [6.45, 7) is 4.93. The van der Waals surface area contributed by atoms with Crippen LogP contribution in [-0.4, -0.2) is 44.8 Å². The molecule has 1 fully saturated rings. The van der Waals surface area contributed by atoms with Crippen LogP contribution in [0.4, 0.5) is 0 Å². The van der Waals surface area contributed by atoms with E-state index < -0.39 is 5.97 Å². The van der Waals surface area contributed by atoms with Crippen molar-refractivity contribution < 1.29 is 14.7 Å². The first kappa shape index (κ1) is 18.2. The number of benzene rings is 1. The van der Waals surface area contributed by atoms with Gasteiger partial charge in [0.2, 0.25) is 0 Å². The molecule has 1 N–H and O–H groups in total. The minimum absolute atomic E-state index is 0.0497. The van der Waals surface area contributed by atoms with Gasteiger partial charge in [0.1, 0.15) is 0 Å². The van der Waals surface area contributed by atoms with Crippen molar-refractivity contribution in [1.82, 2.24) is 14.7 Å². The third-order valence-electron chi connectivity index (χ3n) is 5.10. The highest BCUT2D eigenvalue weighted by Gasteiger charge is 2.34. The van der Waals surface area contributed by atoms with Gasteiger partial charge >= 0.3 is 5.97 Å². The number of nitrogens with zero attached hydrogens (tertiary/aromatic N) is 3. The monoisotopic (exact) mass is 355 g/mol. The Morgan fingerprint density at radius 3 is 2.62 bits per heavy atom. The molecular weight excluding hydrogens is 330 g/mol. The van der Waals surface area contributed by atoms with Crippen LogP contribution in [0, 0.1) is 11.8 Å². The quantitative estimate of drug-likeness (QED) is 0.894. The van der Waals surface area contributed by atoms with E-state index >= 15 is 0 Å². The summed E-state index contributed by atoms with van der Waals surface area (Å²) in [5, 5.41) is 13.7. The molecule has 1 aromatic carbocycles. The molecule has 3 rings (SSSR count). The van der Waals surface area contributed by atoms with Crippen molar-refractivity contribution in [2.75, 3.05) is 13.1 Å². The van der Waals surface area contributed by atoms with Crippen molar-refractivity contribution in [3.63, 3.8) is 0 Å². The number of carbonyl (C=O) groups is 2. The summed E-state index contributed by atoms with van der Waals surface area (Å²) in [5.41, 5.74) is 2.47. The van der Waals surface area contributed by atoms with Gasteiger partial charge < -0.3 is 10.0 Å². The van der Waals surface area contributed by atoms with E-state index in [1.165, 1.54) is 0 Å². The minimum atomic E-state index is -0.770. The smallest absolute Gasteiger partial charge is 0.306 e. The molecule has 6 heteroatoms. The van der Waals surface area contributed by atoms with E-state index in [1.54, 1.807) is 11.1 Å². The molecule has 138 valence electrons. The number of hydrogen-bond donors (Lipinski definition) is 1. The molecule has 26 heavy (non-hydrogen) atoms. The lowest BCUT2D eigenvalue weighted by atomic mass is 9.87. The largest absolute Gasteiger partial charge is 0.481 e. The zero-order chi connectivity index (χ0) is 18.7. The van der Waals surface area contributed by atoms with Crippen molar-refractivity contribution in [1.29, 1.82) is 0 Å². The van der Waals surface area contributed by atoms with Gasteiger partial charge in [-0.15, -0.1) is 0 Å². The van der Waals surface area contributed by atoms with Crippen LogP contribution in [0.2, 0.25) is 0 Å². The van der Waals surface area contributed by atoms with Crippen LogP contribution in [0.25, 0.3) is 5.69 Å². The summed E-state index contributed by atoms with van der Waals surface area (Å²) in [5.74, 6) is -1.25. The molecule has 1 aliphatic heterocycles. The Balaban J connectivity index is 1.86. The number of aliphatic carboxylic acids is 1. The van der Waals surface area contributed by atoms with Crippen LogP contribution in [0.3, 0.4) is 0 Å². The van der Waals surface area contributed by atoms with Crippen molar-refractivity contribution in [2.45, 2.75) is 33.1 Å². The van der Waals surface area contributed by atoms with Gasteiger partial charge in [-0.25, -0.2) is 4.68 Å². The van der Waals surface area contributed by atoms with Gasteiger partial charge in [0.25, 0.3) is 5.91 Å². The SMILES string of the molecule is CCCc1c(C(=O)N2CCC(C(=O)O)C(C)C2)cnn1-c1ccccc1. The van der Waals surface area contributed by atoms with Crippen molar-refractivity contribution >= 4 is 11.9 Å². The average Bonchev–Trinajstić information content (AvgIpc) is 3.05. The van der Waals surface area contributed by atoms with Gasteiger partial charge in [-0.05, 0) is 30.9 Å². The van der Waals surface area contributed by atoms with Crippen LogP contribution in [0.5, 0.6) is 0 Å². The number of rotatable bonds is 5. The van der Waals surface area contributed by atoms with Gasteiger partial charge in [0.05, 0.1) is 29.1 Å². The highest BCUT2D eigenvalue weighted by Crippen LogP contribution is 2.26. The molecule has 2 atom stereocenters. The molecule has 2 aromatic rings. The molecule has 1 amide bonds. The van der Waals surface area contributed by atoms with Crippen molar-refractivity contribution in [3.05, 3.63) is 47.8 Å². The average molecular weight is 355 g/mol. The molecule has 1 aromatic heterocycles. The second kappa shape index (κ2) is 7.72. The van der Waals surface area contributed by atoms with Gasteiger partial charge in [0, 0.05) is 13.1 Å². The fraction of sp³-hybridized carbons (Fsp3) is 0.450. The summed E-state index contributed by atoms with van der Waals surface area (Å²) < 4.78 is 1.84. The number of carboxylic acids is 1. The molecule has 0 spiro atoms. The topological polar surface area (TPSA) is 75.4 Å². The molecular formula is C20H25N3O3. The number of piperidine rings is 1. The Hall–Kier alpha value is -2.63. The van der Waals surface area contributed by atoms with Gasteiger partial charge in [0.15, 0.2) is 0 Å². The first-order valence-corrected chi connectivity index (χ1v) is 9.17. The van der Waals surface area contributed by atoms with E-state index in [-0.39, 0.29) is 17.7 Å². The number of carboxylic acid groups (broad SMARTS) is 1. The summed E-state index contributed by atoms with van der Waals surface area (Å²) >= 11 is 0. The highest BCUT2D eigenvalue weighted by molar-refractivity contribution is 5.95. The normalized spacial score (nSPS) is 20.2.